The van der Waals surface area contributed by atoms with Gasteiger partial charge in [-0.3, -0.25) is 4.79 Å². The fraction of sp³-hybridized carbons (Fsp3) is 0.667. The molecule has 0 aliphatic heterocycles. The lowest BCUT2D eigenvalue weighted by atomic mass is 9.73. The number of hydrogen-bond donors (Lipinski definition) is 1. The quantitative estimate of drug-likeness (QED) is 0.749. The van der Waals surface area contributed by atoms with Crippen molar-refractivity contribution in [3.05, 3.63) is 12.7 Å². The largest absolute Gasteiger partial charge is 0.444 e. The van der Waals surface area contributed by atoms with Crippen LogP contribution in [0.2, 0.25) is 0 Å². The summed E-state index contributed by atoms with van der Waals surface area (Å²) in [5.41, 5.74) is -1.31. The molecule has 0 unspecified atom stereocenters. The first-order chi connectivity index (χ1) is 7.29. The Morgan fingerprint density at radius 1 is 1.38 bits per heavy atom. The second kappa shape index (κ2) is 4.28. The van der Waals surface area contributed by atoms with Crippen LogP contribution in [0.15, 0.2) is 12.7 Å². The Bertz CT molecular complexity index is 311. The van der Waals surface area contributed by atoms with E-state index in [0.29, 0.717) is 12.8 Å². The number of hydrogen-bond acceptors (Lipinski definition) is 3. The molecular weight excluding hydrogens is 206 g/mol. The Labute approximate surface area is 96.0 Å². The van der Waals surface area contributed by atoms with Crippen molar-refractivity contribution in [3.63, 3.8) is 0 Å². The van der Waals surface area contributed by atoms with E-state index in [0.717, 1.165) is 6.42 Å². The van der Waals surface area contributed by atoms with E-state index in [2.05, 4.69) is 11.9 Å². The molecule has 1 aliphatic carbocycles. The van der Waals surface area contributed by atoms with Crippen molar-refractivity contribution in [2.24, 2.45) is 0 Å². The summed E-state index contributed by atoms with van der Waals surface area (Å²) in [4.78, 5) is 23.2. The highest BCUT2D eigenvalue weighted by molar-refractivity contribution is 6.00. The number of alkyl carbamates (subject to hydrolysis) is 1. The Morgan fingerprint density at radius 3 is 2.25 bits per heavy atom. The van der Waals surface area contributed by atoms with E-state index in [1.807, 2.05) is 0 Å². The van der Waals surface area contributed by atoms with Gasteiger partial charge in [0.25, 0.3) is 0 Å². The average molecular weight is 225 g/mol. The molecule has 90 valence electrons. The maximum absolute atomic E-state index is 11.6. The summed E-state index contributed by atoms with van der Waals surface area (Å²) in [6.45, 7) is 8.81. The third-order valence-electron chi connectivity index (χ3n) is 2.60. The minimum absolute atomic E-state index is 0.135. The normalized spacial score (nSPS) is 18.2. The van der Waals surface area contributed by atoms with Crippen molar-refractivity contribution in [3.8, 4) is 0 Å². The molecule has 0 aromatic carbocycles. The first kappa shape index (κ1) is 12.7. The van der Waals surface area contributed by atoms with E-state index < -0.39 is 17.2 Å². The number of ketones is 1. The fourth-order valence-electron chi connectivity index (χ4n) is 1.66. The second-order valence-electron chi connectivity index (χ2n) is 5.13. The van der Waals surface area contributed by atoms with Crippen LogP contribution in [-0.2, 0) is 9.53 Å². The zero-order valence-corrected chi connectivity index (χ0v) is 10.1. The maximum Gasteiger partial charge on any atom is 0.408 e. The summed E-state index contributed by atoms with van der Waals surface area (Å²) in [6.07, 6.45) is 2.99. The summed E-state index contributed by atoms with van der Waals surface area (Å²) < 4.78 is 5.13. The van der Waals surface area contributed by atoms with E-state index in [4.69, 9.17) is 4.74 Å². The summed E-state index contributed by atoms with van der Waals surface area (Å²) in [7, 11) is 0. The average Bonchev–Trinajstić information content (AvgIpc) is 2.07. The SMILES string of the molecule is C=CC(=O)C1(NC(=O)OC(C)(C)C)CCC1. The van der Waals surface area contributed by atoms with Gasteiger partial charge in [-0.25, -0.2) is 4.79 Å². The predicted octanol–water partition coefficient (Wildman–Crippen LogP) is 2.19. The van der Waals surface area contributed by atoms with Crippen LogP contribution < -0.4 is 5.32 Å². The molecular formula is C12H19NO3. The van der Waals surface area contributed by atoms with Crippen LogP contribution in [0, 0.1) is 0 Å². The smallest absolute Gasteiger partial charge is 0.408 e. The van der Waals surface area contributed by atoms with Crippen LogP contribution in [0.3, 0.4) is 0 Å². The molecule has 0 aromatic heterocycles. The highest BCUT2D eigenvalue weighted by Crippen LogP contribution is 2.33. The fourth-order valence-corrected chi connectivity index (χ4v) is 1.66. The van der Waals surface area contributed by atoms with Crippen molar-refractivity contribution in [2.45, 2.75) is 51.2 Å². The molecule has 1 saturated carbocycles. The number of nitrogens with one attached hydrogen (secondary N) is 1. The number of rotatable bonds is 3. The van der Waals surface area contributed by atoms with Gasteiger partial charge in [-0.1, -0.05) is 6.58 Å². The molecule has 1 aliphatic rings. The van der Waals surface area contributed by atoms with E-state index >= 15 is 0 Å². The Balaban J connectivity index is 2.61. The van der Waals surface area contributed by atoms with Gasteiger partial charge in [-0.05, 0) is 46.1 Å². The van der Waals surface area contributed by atoms with Gasteiger partial charge in [-0.15, -0.1) is 0 Å². The lowest BCUT2D eigenvalue weighted by Crippen LogP contribution is -2.59. The third-order valence-corrected chi connectivity index (χ3v) is 2.60. The molecule has 1 amide bonds. The van der Waals surface area contributed by atoms with Gasteiger partial charge < -0.3 is 10.1 Å². The summed E-state index contributed by atoms with van der Waals surface area (Å²) in [5.74, 6) is -0.135. The molecule has 4 nitrogen and oxygen atoms in total. The van der Waals surface area contributed by atoms with Crippen molar-refractivity contribution < 1.29 is 14.3 Å². The zero-order chi connectivity index (χ0) is 12.4. The van der Waals surface area contributed by atoms with Crippen LogP contribution in [0.25, 0.3) is 0 Å². The first-order valence-corrected chi connectivity index (χ1v) is 5.47. The number of carbonyl (C=O) groups excluding carboxylic acids is 2. The van der Waals surface area contributed by atoms with Crippen LogP contribution in [0.5, 0.6) is 0 Å². The standard InChI is InChI=1S/C12H19NO3/c1-5-9(14)12(7-6-8-12)13-10(15)16-11(2,3)4/h5H,1,6-8H2,2-4H3,(H,13,15). The van der Waals surface area contributed by atoms with Gasteiger partial charge in [0, 0.05) is 0 Å². The lowest BCUT2D eigenvalue weighted by molar-refractivity contribution is -0.123. The van der Waals surface area contributed by atoms with Crippen LogP contribution in [0.4, 0.5) is 4.79 Å². The Morgan fingerprint density at radius 2 is 1.94 bits per heavy atom. The molecule has 0 spiro atoms. The molecule has 1 rings (SSSR count). The van der Waals surface area contributed by atoms with Crippen molar-refractivity contribution in [2.75, 3.05) is 0 Å². The van der Waals surface area contributed by atoms with Crippen molar-refractivity contribution in [1.29, 1.82) is 0 Å². The minimum Gasteiger partial charge on any atom is -0.444 e. The summed E-state index contributed by atoms with van der Waals surface area (Å²) in [5, 5.41) is 2.66. The molecule has 0 atom stereocenters. The summed E-state index contributed by atoms with van der Waals surface area (Å²) >= 11 is 0. The van der Waals surface area contributed by atoms with Gasteiger partial charge in [0.05, 0.1) is 0 Å². The van der Waals surface area contributed by atoms with Gasteiger partial charge in [0.2, 0.25) is 0 Å². The molecule has 0 heterocycles. The predicted molar refractivity (Wildman–Crippen MR) is 61.2 cm³/mol. The lowest BCUT2D eigenvalue weighted by Gasteiger charge is -2.40. The molecule has 4 heteroatoms. The van der Waals surface area contributed by atoms with Gasteiger partial charge >= 0.3 is 6.09 Å². The molecule has 0 saturated heterocycles. The maximum atomic E-state index is 11.6. The molecule has 1 fully saturated rings. The molecule has 16 heavy (non-hydrogen) atoms. The molecule has 1 N–H and O–H groups in total. The van der Waals surface area contributed by atoms with Crippen LogP contribution >= 0.6 is 0 Å². The molecule has 0 aromatic rings. The van der Waals surface area contributed by atoms with Crippen LogP contribution in [0.1, 0.15) is 40.0 Å². The van der Waals surface area contributed by atoms with E-state index in [1.165, 1.54) is 6.08 Å². The van der Waals surface area contributed by atoms with Crippen molar-refractivity contribution >= 4 is 11.9 Å². The Hall–Kier alpha value is -1.32. The zero-order valence-electron chi connectivity index (χ0n) is 10.1. The second-order valence-corrected chi connectivity index (χ2v) is 5.13. The molecule has 0 bridgehead atoms. The van der Waals surface area contributed by atoms with Gasteiger partial charge in [0.15, 0.2) is 5.78 Å². The highest BCUT2D eigenvalue weighted by Gasteiger charge is 2.44. The Kier molecular flexibility index (Phi) is 3.41. The summed E-state index contributed by atoms with van der Waals surface area (Å²) in [6, 6.07) is 0. The topological polar surface area (TPSA) is 55.4 Å². The van der Waals surface area contributed by atoms with Crippen molar-refractivity contribution in [1.82, 2.24) is 5.32 Å². The van der Waals surface area contributed by atoms with E-state index in [9.17, 15) is 9.59 Å². The van der Waals surface area contributed by atoms with E-state index in [-0.39, 0.29) is 5.78 Å². The number of ether oxygens (including phenoxy) is 1. The monoisotopic (exact) mass is 225 g/mol. The first-order valence-electron chi connectivity index (χ1n) is 5.47. The highest BCUT2D eigenvalue weighted by atomic mass is 16.6. The minimum atomic E-state index is -0.760. The third kappa shape index (κ3) is 2.84. The number of carbonyl (C=O) groups is 2. The van der Waals surface area contributed by atoms with Gasteiger partial charge in [-0.2, -0.15) is 0 Å². The molecule has 0 radical (unpaired) electrons. The van der Waals surface area contributed by atoms with E-state index in [1.54, 1.807) is 20.8 Å². The number of amides is 1. The van der Waals surface area contributed by atoms with Crippen LogP contribution in [-0.4, -0.2) is 23.0 Å². The van der Waals surface area contributed by atoms with Gasteiger partial charge in [0.1, 0.15) is 11.1 Å².